The minimum atomic E-state index is -3.58. The SMILES string of the molecule is CCNCc1cc(S(=O)(=O)NCc2ncon2)cn1C. The highest BCUT2D eigenvalue weighted by Gasteiger charge is 2.18. The molecule has 2 N–H and O–H groups in total. The van der Waals surface area contributed by atoms with Gasteiger partial charge in [-0.25, -0.2) is 13.1 Å². The van der Waals surface area contributed by atoms with Gasteiger partial charge in [-0.1, -0.05) is 12.1 Å². The molecule has 0 atom stereocenters. The molecule has 0 saturated carbocycles. The first-order chi connectivity index (χ1) is 9.53. The molecule has 0 saturated heterocycles. The van der Waals surface area contributed by atoms with Crippen molar-refractivity contribution in [2.24, 2.45) is 7.05 Å². The van der Waals surface area contributed by atoms with Crippen LogP contribution in [-0.2, 0) is 30.2 Å². The fourth-order valence-corrected chi connectivity index (χ4v) is 2.74. The molecule has 0 aliphatic rings. The van der Waals surface area contributed by atoms with Crippen LogP contribution < -0.4 is 10.0 Å². The summed E-state index contributed by atoms with van der Waals surface area (Å²) in [6.07, 6.45) is 2.73. The smallest absolute Gasteiger partial charge is 0.242 e. The maximum absolute atomic E-state index is 12.1. The van der Waals surface area contributed by atoms with Crippen LogP contribution in [0.2, 0.25) is 0 Å². The molecule has 2 rings (SSSR count). The number of aryl methyl sites for hydroxylation is 1. The van der Waals surface area contributed by atoms with Crippen molar-refractivity contribution in [2.75, 3.05) is 6.54 Å². The molecule has 0 amide bonds. The van der Waals surface area contributed by atoms with Gasteiger partial charge in [-0.15, -0.1) is 0 Å². The number of sulfonamides is 1. The summed E-state index contributed by atoms with van der Waals surface area (Å²) in [7, 11) is -1.77. The lowest BCUT2D eigenvalue weighted by Gasteiger charge is -2.02. The van der Waals surface area contributed by atoms with E-state index in [0.29, 0.717) is 6.54 Å². The average molecular weight is 299 g/mol. The van der Waals surface area contributed by atoms with E-state index in [0.717, 1.165) is 18.6 Å². The van der Waals surface area contributed by atoms with Crippen LogP contribution in [0.4, 0.5) is 0 Å². The molecule has 2 aromatic heterocycles. The largest absolute Gasteiger partial charge is 0.352 e. The number of nitrogens with zero attached hydrogens (tertiary/aromatic N) is 3. The van der Waals surface area contributed by atoms with Crippen molar-refractivity contribution in [2.45, 2.75) is 24.9 Å². The summed E-state index contributed by atoms with van der Waals surface area (Å²) in [5.41, 5.74) is 0.895. The van der Waals surface area contributed by atoms with Gasteiger partial charge in [-0.2, -0.15) is 4.98 Å². The average Bonchev–Trinajstić information content (AvgIpc) is 3.04. The van der Waals surface area contributed by atoms with E-state index in [4.69, 9.17) is 0 Å². The molecular weight excluding hydrogens is 282 g/mol. The standard InChI is InChI=1S/C11H17N5O3S/c1-3-12-5-9-4-10(7-16(9)2)20(17,18)14-6-11-13-8-19-15-11/h4,7-8,12,14H,3,5-6H2,1-2H3. The first-order valence-electron chi connectivity index (χ1n) is 6.14. The van der Waals surface area contributed by atoms with E-state index in [9.17, 15) is 8.42 Å². The molecule has 0 aliphatic carbocycles. The first-order valence-corrected chi connectivity index (χ1v) is 7.62. The van der Waals surface area contributed by atoms with E-state index in [2.05, 4.69) is 24.7 Å². The van der Waals surface area contributed by atoms with Crippen LogP contribution in [0.3, 0.4) is 0 Å². The van der Waals surface area contributed by atoms with Gasteiger partial charge in [-0.3, -0.25) is 0 Å². The summed E-state index contributed by atoms with van der Waals surface area (Å²) >= 11 is 0. The Morgan fingerprint density at radius 1 is 1.40 bits per heavy atom. The van der Waals surface area contributed by atoms with E-state index < -0.39 is 10.0 Å². The Balaban J connectivity index is 2.09. The van der Waals surface area contributed by atoms with Crippen molar-refractivity contribution in [3.63, 3.8) is 0 Å². The predicted molar refractivity (Wildman–Crippen MR) is 71.1 cm³/mol. The van der Waals surface area contributed by atoms with Crippen molar-refractivity contribution in [1.29, 1.82) is 0 Å². The van der Waals surface area contributed by atoms with E-state index in [1.165, 1.54) is 0 Å². The van der Waals surface area contributed by atoms with Crippen LogP contribution in [0.25, 0.3) is 0 Å². The van der Waals surface area contributed by atoms with Crippen LogP contribution in [-0.4, -0.2) is 29.7 Å². The Morgan fingerprint density at radius 2 is 2.20 bits per heavy atom. The van der Waals surface area contributed by atoms with Gasteiger partial charge >= 0.3 is 0 Å². The van der Waals surface area contributed by atoms with Crippen molar-refractivity contribution >= 4 is 10.0 Å². The molecule has 0 aromatic carbocycles. The molecule has 0 aliphatic heterocycles. The molecule has 0 spiro atoms. The third-order valence-corrected chi connectivity index (χ3v) is 4.14. The maximum atomic E-state index is 12.1. The molecule has 0 fully saturated rings. The monoisotopic (exact) mass is 299 g/mol. The van der Waals surface area contributed by atoms with Crippen LogP contribution >= 0.6 is 0 Å². The molecule has 20 heavy (non-hydrogen) atoms. The predicted octanol–water partition coefficient (Wildman–Crippen LogP) is -0.00390. The zero-order chi connectivity index (χ0) is 14.6. The van der Waals surface area contributed by atoms with Crippen LogP contribution in [0.5, 0.6) is 0 Å². The summed E-state index contributed by atoms with van der Waals surface area (Å²) in [6, 6.07) is 1.64. The molecule has 0 radical (unpaired) electrons. The van der Waals surface area contributed by atoms with E-state index in [1.807, 2.05) is 14.0 Å². The third kappa shape index (κ3) is 3.44. The lowest BCUT2D eigenvalue weighted by Crippen LogP contribution is -2.23. The van der Waals surface area contributed by atoms with Gasteiger partial charge in [-0.05, 0) is 12.6 Å². The van der Waals surface area contributed by atoms with Gasteiger partial charge in [0.1, 0.15) is 0 Å². The summed E-state index contributed by atoms with van der Waals surface area (Å²) in [5, 5.41) is 6.70. The highest BCUT2D eigenvalue weighted by atomic mass is 32.2. The number of aromatic nitrogens is 3. The molecule has 110 valence electrons. The van der Waals surface area contributed by atoms with Gasteiger partial charge in [0.05, 0.1) is 11.4 Å². The Labute approximate surface area is 117 Å². The number of hydrogen-bond acceptors (Lipinski definition) is 6. The summed E-state index contributed by atoms with van der Waals surface area (Å²) in [5.74, 6) is 0.289. The number of nitrogens with one attached hydrogen (secondary N) is 2. The Bertz CT molecular complexity index is 648. The van der Waals surface area contributed by atoms with E-state index in [1.54, 1.807) is 16.8 Å². The Morgan fingerprint density at radius 3 is 2.85 bits per heavy atom. The Kier molecular flexibility index (Phi) is 4.53. The minimum Gasteiger partial charge on any atom is -0.352 e. The molecule has 0 bridgehead atoms. The van der Waals surface area contributed by atoms with Crippen LogP contribution in [0.15, 0.2) is 28.1 Å². The summed E-state index contributed by atoms with van der Waals surface area (Å²) in [6.45, 7) is 3.43. The normalized spacial score (nSPS) is 11.9. The second-order valence-electron chi connectivity index (χ2n) is 4.23. The molecular formula is C11H17N5O3S. The summed E-state index contributed by atoms with van der Waals surface area (Å²) < 4.78 is 33.0. The van der Waals surface area contributed by atoms with Gasteiger partial charge < -0.3 is 14.4 Å². The van der Waals surface area contributed by atoms with E-state index in [-0.39, 0.29) is 17.3 Å². The molecule has 2 aromatic rings. The fraction of sp³-hybridized carbons (Fsp3) is 0.455. The molecule has 0 unspecified atom stereocenters. The highest BCUT2D eigenvalue weighted by Crippen LogP contribution is 2.13. The third-order valence-electron chi connectivity index (χ3n) is 2.78. The molecule has 2 heterocycles. The van der Waals surface area contributed by atoms with Gasteiger partial charge in [0.25, 0.3) is 0 Å². The second kappa shape index (κ2) is 6.16. The number of hydrogen-bond donors (Lipinski definition) is 2. The van der Waals surface area contributed by atoms with Crippen LogP contribution in [0, 0.1) is 0 Å². The number of rotatable bonds is 7. The zero-order valence-corrected chi connectivity index (χ0v) is 12.1. The first kappa shape index (κ1) is 14.7. The summed E-state index contributed by atoms with van der Waals surface area (Å²) in [4.78, 5) is 3.98. The van der Waals surface area contributed by atoms with Gasteiger partial charge in [0, 0.05) is 25.5 Å². The highest BCUT2D eigenvalue weighted by molar-refractivity contribution is 7.89. The minimum absolute atomic E-state index is 0.00370. The van der Waals surface area contributed by atoms with E-state index >= 15 is 0 Å². The van der Waals surface area contributed by atoms with Gasteiger partial charge in [0.2, 0.25) is 16.4 Å². The van der Waals surface area contributed by atoms with Crippen molar-refractivity contribution < 1.29 is 12.9 Å². The lowest BCUT2D eigenvalue weighted by atomic mass is 10.4. The topological polar surface area (TPSA) is 102 Å². The maximum Gasteiger partial charge on any atom is 0.242 e. The van der Waals surface area contributed by atoms with Gasteiger partial charge in [0.15, 0.2) is 5.82 Å². The zero-order valence-electron chi connectivity index (χ0n) is 11.3. The fourth-order valence-electron chi connectivity index (χ4n) is 1.67. The second-order valence-corrected chi connectivity index (χ2v) is 6.00. The Hall–Kier alpha value is -1.71. The van der Waals surface area contributed by atoms with Crippen molar-refractivity contribution in [3.05, 3.63) is 30.2 Å². The quantitative estimate of drug-likeness (QED) is 0.746. The van der Waals surface area contributed by atoms with Crippen molar-refractivity contribution in [3.8, 4) is 0 Å². The molecule has 9 heteroatoms. The van der Waals surface area contributed by atoms with Crippen molar-refractivity contribution in [1.82, 2.24) is 24.7 Å². The lowest BCUT2D eigenvalue weighted by molar-refractivity contribution is 0.409. The van der Waals surface area contributed by atoms with Crippen LogP contribution in [0.1, 0.15) is 18.4 Å². The molecule has 8 nitrogen and oxygen atoms in total.